The van der Waals surface area contributed by atoms with Crippen LogP contribution in [0.3, 0.4) is 0 Å². The molecule has 3 aromatic heterocycles. The van der Waals surface area contributed by atoms with Crippen molar-refractivity contribution in [3.8, 4) is 17.6 Å². The van der Waals surface area contributed by atoms with Gasteiger partial charge in [0.15, 0.2) is 8.07 Å². The molecular weight excluding hydrogens is 661 g/mol. The lowest BCUT2D eigenvalue weighted by atomic mass is 10.2. The largest absolute Gasteiger partial charge is 0.309 e. The Kier molecular flexibility index (Phi) is 7.17. The summed E-state index contributed by atoms with van der Waals surface area (Å²) in [6.07, 6.45) is 2.06. The maximum absolute atomic E-state index is 11.1. The Bertz CT molecular complexity index is 2860. The van der Waals surface area contributed by atoms with E-state index in [4.69, 9.17) is 4.98 Å². The second kappa shape index (κ2) is 12.3. The Balaban J connectivity index is 1.23. The molecule has 0 N–H and O–H groups in total. The first-order chi connectivity index (χ1) is 26.3. The van der Waals surface area contributed by atoms with Gasteiger partial charge in [-0.1, -0.05) is 146 Å². The van der Waals surface area contributed by atoms with E-state index in [1.807, 2.05) is 0 Å². The first-order valence-electron chi connectivity index (χ1n) is 17.9. The maximum Gasteiger partial charge on any atom is 0.182 e. The standard InChI is InChI=1S/C48H32N4Si/c49-32-34-31-35(51-43-23-11-7-19-39(43)40-20-8-12-24-44(40)51)27-29-47(34)53(36-15-3-1-4-16-36,37-17-5-2-6-18-37)38-28-30-48(50-33-38)52-45-25-13-9-21-41(45)42-22-10-14-26-46(42)52/h1-31,33H. The van der Waals surface area contributed by atoms with E-state index in [-0.39, 0.29) is 0 Å². The molecule has 0 atom stereocenters. The highest BCUT2D eigenvalue weighted by Crippen LogP contribution is 2.33. The predicted molar refractivity (Wildman–Crippen MR) is 221 cm³/mol. The van der Waals surface area contributed by atoms with E-state index < -0.39 is 8.07 Å². The van der Waals surface area contributed by atoms with Crippen LogP contribution in [0.4, 0.5) is 0 Å². The molecule has 3 heterocycles. The number of aromatic nitrogens is 3. The van der Waals surface area contributed by atoms with Crippen LogP contribution in [0.2, 0.25) is 0 Å². The highest BCUT2D eigenvalue weighted by atomic mass is 28.3. The number of rotatable bonds is 6. The highest BCUT2D eigenvalue weighted by molar-refractivity contribution is 7.20. The summed E-state index contributed by atoms with van der Waals surface area (Å²) >= 11 is 0. The van der Waals surface area contributed by atoms with Crippen molar-refractivity contribution >= 4 is 72.4 Å². The molecule has 0 aliphatic carbocycles. The Morgan fingerprint density at radius 2 is 0.887 bits per heavy atom. The van der Waals surface area contributed by atoms with Gasteiger partial charge >= 0.3 is 0 Å². The van der Waals surface area contributed by atoms with Crippen LogP contribution in [0, 0.1) is 11.3 Å². The van der Waals surface area contributed by atoms with Crippen molar-refractivity contribution in [2.75, 3.05) is 0 Å². The molecule has 4 nitrogen and oxygen atoms in total. The van der Waals surface area contributed by atoms with E-state index >= 15 is 0 Å². The number of fused-ring (bicyclic) bond motifs is 6. The summed E-state index contributed by atoms with van der Waals surface area (Å²) in [6, 6.07) is 69.1. The van der Waals surface area contributed by atoms with Gasteiger partial charge in [-0.15, -0.1) is 0 Å². The molecule has 0 aliphatic rings. The molecule has 0 unspecified atom stereocenters. The molecule has 10 aromatic rings. The molecule has 0 bridgehead atoms. The normalized spacial score (nSPS) is 11.8. The van der Waals surface area contributed by atoms with Crippen molar-refractivity contribution in [3.63, 3.8) is 0 Å². The van der Waals surface area contributed by atoms with Gasteiger partial charge in [0.2, 0.25) is 0 Å². The van der Waals surface area contributed by atoms with Gasteiger partial charge in [0.1, 0.15) is 5.82 Å². The number of nitrogens with zero attached hydrogens (tertiary/aromatic N) is 4. The summed E-state index contributed by atoms with van der Waals surface area (Å²) < 4.78 is 4.54. The number of hydrogen-bond donors (Lipinski definition) is 0. The van der Waals surface area contributed by atoms with Crippen molar-refractivity contribution < 1.29 is 0 Å². The van der Waals surface area contributed by atoms with Gasteiger partial charge in [0, 0.05) is 33.4 Å². The van der Waals surface area contributed by atoms with Crippen molar-refractivity contribution in [2.45, 2.75) is 0 Å². The second-order valence-corrected chi connectivity index (χ2v) is 17.2. The minimum atomic E-state index is -3.10. The Labute approximate surface area is 308 Å². The molecular formula is C48H32N4Si. The molecule has 0 amide bonds. The molecule has 0 fully saturated rings. The number of para-hydroxylation sites is 4. The van der Waals surface area contributed by atoms with Crippen molar-refractivity contribution in [1.82, 2.24) is 14.1 Å². The van der Waals surface area contributed by atoms with Crippen molar-refractivity contribution in [1.29, 1.82) is 5.26 Å². The first kappa shape index (κ1) is 30.8. The lowest BCUT2D eigenvalue weighted by Crippen LogP contribution is -2.75. The van der Waals surface area contributed by atoms with Crippen LogP contribution in [-0.4, -0.2) is 22.2 Å². The van der Waals surface area contributed by atoms with Crippen LogP contribution in [-0.2, 0) is 0 Å². The van der Waals surface area contributed by atoms with Gasteiger partial charge in [-0.2, -0.15) is 5.26 Å². The molecule has 0 aliphatic heterocycles. The molecule has 53 heavy (non-hydrogen) atoms. The molecule has 0 saturated carbocycles. The quantitative estimate of drug-likeness (QED) is 0.130. The van der Waals surface area contributed by atoms with Crippen molar-refractivity contribution in [3.05, 3.63) is 200 Å². The summed E-state index contributed by atoms with van der Waals surface area (Å²) in [5.74, 6) is 0.859. The number of pyridine rings is 1. The fraction of sp³-hybridized carbons (Fsp3) is 0. The molecule has 248 valence electrons. The van der Waals surface area contributed by atoms with Crippen LogP contribution < -0.4 is 20.7 Å². The van der Waals surface area contributed by atoms with E-state index in [1.165, 1.54) is 31.9 Å². The number of hydrogen-bond acceptors (Lipinski definition) is 2. The highest BCUT2D eigenvalue weighted by Gasteiger charge is 2.43. The minimum absolute atomic E-state index is 0.662. The lowest BCUT2D eigenvalue weighted by molar-refractivity contribution is 1.08. The van der Waals surface area contributed by atoms with Gasteiger partial charge in [-0.25, -0.2) is 4.98 Å². The van der Waals surface area contributed by atoms with Crippen LogP contribution in [0.1, 0.15) is 5.56 Å². The van der Waals surface area contributed by atoms with E-state index in [9.17, 15) is 5.26 Å². The lowest BCUT2D eigenvalue weighted by Gasteiger charge is -2.35. The van der Waals surface area contributed by atoms with Gasteiger partial charge in [-0.3, -0.25) is 4.57 Å². The van der Waals surface area contributed by atoms with E-state index in [0.29, 0.717) is 5.56 Å². The SMILES string of the molecule is N#Cc1cc(-n2c3ccccc3c3ccccc32)ccc1[Si](c1ccccc1)(c1ccccc1)c1ccc(-n2c3ccccc3c3ccccc32)nc1. The van der Waals surface area contributed by atoms with E-state index in [2.05, 4.69) is 209 Å². The van der Waals surface area contributed by atoms with Gasteiger partial charge in [-0.05, 0) is 63.2 Å². The van der Waals surface area contributed by atoms with Crippen LogP contribution >= 0.6 is 0 Å². The van der Waals surface area contributed by atoms with E-state index in [0.717, 1.165) is 43.9 Å². The molecule has 10 rings (SSSR count). The monoisotopic (exact) mass is 692 g/mol. The van der Waals surface area contributed by atoms with Crippen LogP contribution in [0.15, 0.2) is 194 Å². The summed E-state index contributed by atoms with van der Waals surface area (Å²) in [6.45, 7) is 0. The maximum atomic E-state index is 11.1. The molecule has 0 radical (unpaired) electrons. The zero-order chi connectivity index (χ0) is 35.4. The summed E-state index contributed by atoms with van der Waals surface area (Å²) in [7, 11) is -3.10. The Hall–Kier alpha value is -7.00. The first-order valence-corrected chi connectivity index (χ1v) is 19.9. The molecule has 0 spiro atoms. The Morgan fingerprint density at radius 3 is 1.34 bits per heavy atom. The zero-order valence-corrected chi connectivity index (χ0v) is 29.8. The minimum Gasteiger partial charge on any atom is -0.309 e. The van der Waals surface area contributed by atoms with Gasteiger partial charge in [0.05, 0.1) is 33.7 Å². The van der Waals surface area contributed by atoms with Gasteiger partial charge < -0.3 is 4.57 Å². The summed E-state index contributed by atoms with van der Waals surface area (Å²) in [5.41, 5.74) is 6.10. The van der Waals surface area contributed by atoms with Crippen LogP contribution in [0.5, 0.6) is 0 Å². The topological polar surface area (TPSA) is 46.5 Å². The smallest absolute Gasteiger partial charge is 0.182 e. The average molecular weight is 693 g/mol. The molecule has 5 heteroatoms. The second-order valence-electron chi connectivity index (χ2n) is 13.5. The fourth-order valence-electron chi connectivity index (χ4n) is 8.54. The fourth-order valence-corrected chi connectivity index (χ4v) is 13.3. The summed E-state index contributed by atoms with van der Waals surface area (Å²) in [5, 5.41) is 20.4. The van der Waals surface area contributed by atoms with Gasteiger partial charge in [0.25, 0.3) is 0 Å². The third-order valence-corrected chi connectivity index (χ3v) is 15.6. The summed E-state index contributed by atoms with van der Waals surface area (Å²) in [4.78, 5) is 5.26. The molecule has 0 saturated heterocycles. The third-order valence-electron chi connectivity index (χ3n) is 10.8. The van der Waals surface area contributed by atoms with Crippen molar-refractivity contribution in [2.24, 2.45) is 0 Å². The third kappa shape index (κ3) is 4.63. The average Bonchev–Trinajstić information content (AvgIpc) is 3.75. The zero-order valence-electron chi connectivity index (χ0n) is 28.8. The predicted octanol–water partition coefficient (Wildman–Crippen LogP) is 8.52. The number of nitriles is 1. The molecule has 7 aromatic carbocycles. The van der Waals surface area contributed by atoms with Crippen LogP contribution in [0.25, 0.3) is 55.1 Å². The Morgan fingerprint density at radius 1 is 0.434 bits per heavy atom. The van der Waals surface area contributed by atoms with E-state index in [1.54, 1.807) is 0 Å². The number of benzene rings is 7.